The number of nitrogens with zero attached hydrogens (tertiary/aromatic N) is 2. The smallest absolute Gasteiger partial charge is 0.244 e. The number of piperazine rings is 1. The summed E-state index contributed by atoms with van der Waals surface area (Å²) in [5.41, 5.74) is 2.66. The quantitative estimate of drug-likeness (QED) is 0.603. The number of hydrogen-bond donors (Lipinski definition) is 2. The molecule has 6 nitrogen and oxygen atoms in total. The van der Waals surface area contributed by atoms with Gasteiger partial charge in [-0.2, -0.15) is 0 Å². The van der Waals surface area contributed by atoms with Gasteiger partial charge in [0.05, 0.1) is 6.42 Å². The zero-order valence-corrected chi connectivity index (χ0v) is 12.0. The lowest BCUT2D eigenvalue weighted by Gasteiger charge is -2.34. The molecule has 0 aliphatic carbocycles. The summed E-state index contributed by atoms with van der Waals surface area (Å²) in [7, 11) is 0. The molecule has 0 atom stereocenters. The fourth-order valence-corrected chi connectivity index (χ4v) is 2.42. The molecular weight excluding hydrogens is 270 g/mol. The predicted molar refractivity (Wildman–Crippen MR) is 77.7 cm³/mol. The van der Waals surface area contributed by atoms with E-state index in [2.05, 4.69) is 4.90 Å². The van der Waals surface area contributed by atoms with Crippen molar-refractivity contribution in [3.63, 3.8) is 0 Å². The molecule has 21 heavy (non-hydrogen) atoms. The third-order valence-electron chi connectivity index (χ3n) is 3.70. The summed E-state index contributed by atoms with van der Waals surface area (Å²) in [5, 5.41) is 8.45. The summed E-state index contributed by atoms with van der Waals surface area (Å²) in [6, 6.07) is 9.73. The average Bonchev–Trinajstić information content (AvgIpc) is 2.54. The molecule has 0 saturated carbocycles. The Balaban J connectivity index is 1.73. The minimum absolute atomic E-state index is 0.147. The molecule has 0 bridgehead atoms. The van der Waals surface area contributed by atoms with Crippen LogP contribution in [0.25, 0.3) is 0 Å². The normalized spacial score (nSPS) is 15.8. The van der Waals surface area contributed by atoms with E-state index in [0.29, 0.717) is 26.1 Å². The summed E-state index contributed by atoms with van der Waals surface area (Å²) in [6.07, 6.45) is 0.711. The summed E-state index contributed by atoms with van der Waals surface area (Å²) >= 11 is 0. The highest BCUT2D eigenvalue weighted by molar-refractivity contribution is 5.79. The molecule has 2 rings (SSSR count). The Bertz CT molecular complexity index is 470. The first-order valence-electron chi connectivity index (χ1n) is 7.16. The van der Waals surface area contributed by atoms with E-state index in [0.717, 1.165) is 18.7 Å². The lowest BCUT2D eigenvalue weighted by Crippen LogP contribution is -2.49. The minimum Gasteiger partial charge on any atom is -0.340 e. The molecule has 2 amide bonds. The third kappa shape index (κ3) is 4.84. The number of benzene rings is 1. The largest absolute Gasteiger partial charge is 0.340 e. The number of nitrogens with one attached hydrogen (secondary N) is 1. The molecular formula is C15H21N3O3. The zero-order chi connectivity index (χ0) is 15.1. The third-order valence-corrected chi connectivity index (χ3v) is 3.70. The van der Waals surface area contributed by atoms with E-state index in [9.17, 15) is 9.59 Å². The van der Waals surface area contributed by atoms with E-state index in [1.165, 1.54) is 0 Å². The summed E-state index contributed by atoms with van der Waals surface area (Å²) in [4.78, 5) is 27.2. The standard InChI is InChI=1S/C15H21N3O3/c19-14(16-21)6-7-17-8-10-18(11-9-17)15(20)12-13-4-2-1-3-5-13/h1-5,21H,6-12H2,(H,16,19). The van der Waals surface area contributed by atoms with Crippen molar-refractivity contribution in [1.82, 2.24) is 15.3 Å². The molecule has 0 radical (unpaired) electrons. The molecule has 1 aliphatic rings. The van der Waals surface area contributed by atoms with Gasteiger partial charge in [0.25, 0.3) is 0 Å². The molecule has 1 fully saturated rings. The molecule has 0 unspecified atom stereocenters. The van der Waals surface area contributed by atoms with Crippen molar-refractivity contribution in [3.05, 3.63) is 35.9 Å². The Morgan fingerprint density at radius 2 is 1.76 bits per heavy atom. The fraction of sp³-hybridized carbons (Fsp3) is 0.467. The van der Waals surface area contributed by atoms with Crippen LogP contribution in [0.3, 0.4) is 0 Å². The lowest BCUT2D eigenvalue weighted by molar-refractivity contribution is -0.133. The molecule has 0 aromatic heterocycles. The number of hydroxylamine groups is 1. The number of carbonyl (C=O) groups excluding carboxylic acids is 2. The second-order valence-corrected chi connectivity index (χ2v) is 5.17. The van der Waals surface area contributed by atoms with Gasteiger partial charge in [0, 0.05) is 39.1 Å². The average molecular weight is 291 g/mol. The van der Waals surface area contributed by atoms with E-state index in [-0.39, 0.29) is 18.2 Å². The number of hydrogen-bond acceptors (Lipinski definition) is 4. The van der Waals surface area contributed by atoms with Crippen LogP contribution < -0.4 is 5.48 Å². The predicted octanol–water partition coefficient (Wildman–Crippen LogP) is 0.269. The van der Waals surface area contributed by atoms with Crippen LogP contribution in [0.2, 0.25) is 0 Å². The van der Waals surface area contributed by atoms with E-state index in [1.54, 1.807) is 5.48 Å². The van der Waals surface area contributed by atoms with Crippen molar-refractivity contribution >= 4 is 11.8 Å². The first-order chi connectivity index (χ1) is 10.2. The Kier molecular flexibility index (Phi) is 5.71. The first-order valence-corrected chi connectivity index (χ1v) is 7.16. The van der Waals surface area contributed by atoms with Gasteiger partial charge in [-0.3, -0.25) is 19.7 Å². The number of amides is 2. The lowest BCUT2D eigenvalue weighted by atomic mass is 10.1. The van der Waals surface area contributed by atoms with Gasteiger partial charge < -0.3 is 4.90 Å². The topological polar surface area (TPSA) is 72.9 Å². The monoisotopic (exact) mass is 291 g/mol. The van der Waals surface area contributed by atoms with E-state index < -0.39 is 0 Å². The Labute approximate surface area is 124 Å². The summed E-state index contributed by atoms with van der Waals surface area (Å²) in [6.45, 7) is 3.50. The summed E-state index contributed by atoms with van der Waals surface area (Å²) < 4.78 is 0. The van der Waals surface area contributed by atoms with Crippen LogP contribution in [-0.2, 0) is 16.0 Å². The van der Waals surface area contributed by atoms with Crippen LogP contribution in [0, 0.1) is 0 Å². The SMILES string of the molecule is O=C(CCN1CCN(C(=O)Cc2ccccc2)CC1)NO. The molecule has 1 saturated heterocycles. The van der Waals surface area contributed by atoms with Crippen molar-refractivity contribution in [2.24, 2.45) is 0 Å². The maximum Gasteiger partial charge on any atom is 0.244 e. The molecule has 114 valence electrons. The Morgan fingerprint density at radius 3 is 2.38 bits per heavy atom. The van der Waals surface area contributed by atoms with Gasteiger partial charge in [-0.25, -0.2) is 5.48 Å². The molecule has 1 aromatic carbocycles. The van der Waals surface area contributed by atoms with Gasteiger partial charge in [-0.1, -0.05) is 30.3 Å². The molecule has 1 aromatic rings. The van der Waals surface area contributed by atoms with Gasteiger partial charge >= 0.3 is 0 Å². The van der Waals surface area contributed by atoms with Gasteiger partial charge in [-0.15, -0.1) is 0 Å². The Hall–Kier alpha value is -1.92. The van der Waals surface area contributed by atoms with Gasteiger partial charge in [0.1, 0.15) is 0 Å². The van der Waals surface area contributed by atoms with Crippen LogP contribution >= 0.6 is 0 Å². The summed E-state index contributed by atoms with van der Waals surface area (Å²) in [5.74, 6) is -0.230. The minimum atomic E-state index is -0.377. The van der Waals surface area contributed by atoms with Gasteiger partial charge in [0.15, 0.2) is 0 Å². The van der Waals surface area contributed by atoms with Crippen molar-refractivity contribution in [3.8, 4) is 0 Å². The number of carbonyl (C=O) groups is 2. The van der Waals surface area contributed by atoms with Gasteiger partial charge in [0.2, 0.25) is 11.8 Å². The van der Waals surface area contributed by atoms with Crippen LogP contribution in [0.1, 0.15) is 12.0 Å². The highest BCUT2D eigenvalue weighted by Crippen LogP contribution is 2.07. The highest BCUT2D eigenvalue weighted by Gasteiger charge is 2.21. The van der Waals surface area contributed by atoms with Crippen molar-refractivity contribution in [2.75, 3.05) is 32.7 Å². The molecule has 1 aliphatic heterocycles. The maximum absolute atomic E-state index is 12.2. The highest BCUT2D eigenvalue weighted by atomic mass is 16.5. The fourth-order valence-electron chi connectivity index (χ4n) is 2.42. The van der Waals surface area contributed by atoms with E-state index in [4.69, 9.17) is 5.21 Å². The van der Waals surface area contributed by atoms with E-state index in [1.807, 2.05) is 35.2 Å². The van der Waals surface area contributed by atoms with E-state index >= 15 is 0 Å². The second-order valence-electron chi connectivity index (χ2n) is 5.17. The molecule has 2 N–H and O–H groups in total. The second kappa shape index (κ2) is 7.75. The van der Waals surface area contributed by atoms with Crippen molar-refractivity contribution < 1.29 is 14.8 Å². The Morgan fingerprint density at radius 1 is 1.10 bits per heavy atom. The van der Waals surface area contributed by atoms with Gasteiger partial charge in [-0.05, 0) is 5.56 Å². The van der Waals surface area contributed by atoms with Crippen LogP contribution in [0.5, 0.6) is 0 Å². The van der Waals surface area contributed by atoms with Crippen molar-refractivity contribution in [1.29, 1.82) is 0 Å². The van der Waals surface area contributed by atoms with Crippen molar-refractivity contribution in [2.45, 2.75) is 12.8 Å². The van der Waals surface area contributed by atoms with Crippen LogP contribution in [0.15, 0.2) is 30.3 Å². The maximum atomic E-state index is 12.2. The molecule has 1 heterocycles. The number of rotatable bonds is 5. The first kappa shape index (κ1) is 15.5. The zero-order valence-electron chi connectivity index (χ0n) is 12.0. The molecule has 0 spiro atoms. The van der Waals surface area contributed by atoms with Crippen LogP contribution in [-0.4, -0.2) is 59.5 Å². The molecule has 6 heteroatoms. The van der Waals surface area contributed by atoms with Crippen LogP contribution in [0.4, 0.5) is 0 Å².